The zero-order chi connectivity index (χ0) is 23.2. The molecule has 8 nitrogen and oxygen atoms in total. The molecule has 2 heterocycles. The van der Waals surface area contributed by atoms with Crippen LogP contribution in [0.25, 0.3) is 0 Å². The number of hydrogen-bond acceptors (Lipinski definition) is 5. The highest BCUT2D eigenvalue weighted by molar-refractivity contribution is 7.91. The van der Waals surface area contributed by atoms with Gasteiger partial charge in [0.15, 0.2) is 0 Å². The van der Waals surface area contributed by atoms with Crippen LogP contribution in [0.15, 0.2) is 18.5 Å². The molecule has 1 aliphatic heterocycles. The number of fused-ring (bicyclic) bond motifs is 2. The summed E-state index contributed by atoms with van der Waals surface area (Å²) in [4.78, 5) is 15.3. The SMILES string of the molecule is CN1CCC[C@H]1CN(c1cnn(C)c1)S(=O)(=O)NC(=O)Cc1c2c(cc3c1CCC3)CCC2. The van der Waals surface area contributed by atoms with Gasteiger partial charge in [0.2, 0.25) is 5.91 Å². The fourth-order valence-electron chi connectivity index (χ4n) is 5.82. The second kappa shape index (κ2) is 8.76. The van der Waals surface area contributed by atoms with Gasteiger partial charge in [0.1, 0.15) is 0 Å². The Morgan fingerprint density at radius 3 is 2.39 bits per heavy atom. The lowest BCUT2D eigenvalue weighted by atomic mass is 9.92. The normalized spacial score (nSPS) is 20.1. The first-order valence-corrected chi connectivity index (χ1v) is 13.4. The minimum atomic E-state index is -4.07. The van der Waals surface area contributed by atoms with Gasteiger partial charge in [-0.25, -0.2) is 9.03 Å². The number of carbonyl (C=O) groups excluding carboxylic acids is 1. The fraction of sp³-hybridized carbons (Fsp3) is 0.583. The Hall–Kier alpha value is -2.39. The molecule has 3 aliphatic rings. The molecule has 1 atom stereocenters. The standard InChI is InChI=1S/C24H33N5O3S/c1-27-11-5-8-19(27)16-29(20-14-25-28(2)15-20)33(31,32)26-24(30)13-23-21-9-3-6-17(21)12-18-7-4-10-22(18)23/h12,14-15,19H,3-11,13,16H2,1-2H3,(H,26,30)/t19-/m0/s1. The van der Waals surface area contributed by atoms with Crippen LogP contribution in [0.2, 0.25) is 0 Å². The lowest BCUT2D eigenvalue weighted by molar-refractivity contribution is -0.118. The van der Waals surface area contributed by atoms with E-state index in [0.717, 1.165) is 63.5 Å². The molecule has 1 aromatic carbocycles. The van der Waals surface area contributed by atoms with Crippen LogP contribution < -0.4 is 9.03 Å². The first-order valence-electron chi connectivity index (χ1n) is 12.0. The third-order valence-electron chi connectivity index (χ3n) is 7.50. The lowest BCUT2D eigenvalue weighted by Crippen LogP contribution is -2.48. The van der Waals surface area contributed by atoms with Gasteiger partial charge in [0.05, 0.1) is 24.8 Å². The van der Waals surface area contributed by atoms with Gasteiger partial charge in [-0.05, 0) is 92.8 Å². The number of nitrogens with one attached hydrogen (secondary N) is 1. The maximum atomic E-state index is 13.4. The van der Waals surface area contributed by atoms with Crippen LogP contribution in [0, 0.1) is 0 Å². The summed E-state index contributed by atoms with van der Waals surface area (Å²) in [5.74, 6) is -0.460. The molecule has 1 saturated heterocycles. The number of carbonyl (C=O) groups is 1. The van der Waals surface area contributed by atoms with Crippen molar-refractivity contribution in [2.45, 2.75) is 63.8 Å². The molecule has 1 aromatic heterocycles. The molecule has 0 unspecified atom stereocenters. The number of benzene rings is 1. The highest BCUT2D eigenvalue weighted by atomic mass is 32.2. The van der Waals surface area contributed by atoms with E-state index in [4.69, 9.17) is 0 Å². The van der Waals surface area contributed by atoms with Crippen molar-refractivity contribution in [3.63, 3.8) is 0 Å². The van der Waals surface area contributed by atoms with E-state index in [0.29, 0.717) is 12.2 Å². The zero-order valence-corrected chi connectivity index (χ0v) is 20.3. The van der Waals surface area contributed by atoms with Crippen LogP contribution in [0.3, 0.4) is 0 Å². The van der Waals surface area contributed by atoms with Crippen molar-refractivity contribution in [1.82, 2.24) is 19.4 Å². The number of anilines is 1. The molecule has 1 N–H and O–H groups in total. The Labute approximate surface area is 196 Å². The van der Waals surface area contributed by atoms with Crippen molar-refractivity contribution in [3.8, 4) is 0 Å². The van der Waals surface area contributed by atoms with E-state index in [9.17, 15) is 13.2 Å². The van der Waals surface area contributed by atoms with Gasteiger partial charge in [-0.2, -0.15) is 13.5 Å². The Kier molecular flexibility index (Phi) is 5.95. The monoisotopic (exact) mass is 471 g/mol. The first-order chi connectivity index (χ1) is 15.8. The second-order valence-electron chi connectivity index (χ2n) is 9.72. The number of nitrogens with zero attached hydrogens (tertiary/aromatic N) is 4. The van der Waals surface area contributed by atoms with Crippen molar-refractivity contribution in [3.05, 3.63) is 46.3 Å². The van der Waals surface area contributed by atoms with Gasteiger partial charge in [0, 0.05) is 19.3 Å². The molecule has 0 spiro atoms. The van der Waals surface area contributed by atoms with Gasteiger partial charge in [-0.1, -0.05) is 6.07 Å². The predicted octanol–water partition coefficient (Wildman–Crippen LogP) is 1.90. The zero-order valence-electron chi connectivity index (χ0n) is 19.5. The quantitative estimate of drug-likeness (QED) is 0.667. The summed E-state index contributed by atoms with van der Waals surface area (Å²) in [6, 6.07) is 2.43. The van der Waals surface area contributed by atoms with Crippen LogP contribution in [-0.4, -0.2) is 55.2 Å². The first kappa shape index (κ1) is 22.4. The van der Waals surface area contributed by atoms with E-state index in [-0.39, 0.29) is 12.5 Å². The van der Waals surface area contributed by atoms with Gasteiger partial charge in [0.25, 0.3) is 0 Å². The van der Waals surface area contributed by atoms with E-state index >= 15 is 0 Å². The third kappa shape index (κ3) is 4.40. The summed E-state index contributed by atoms with van der Waals surface area (Å²) < 4.78 is 32.2. The molecule has 1 amide bonds. The van der Waals surface area contributed by atoms with Gasteiger partial charge in [-0.3, -0.25) is 9.48 Å². The molecule has 178 valence electrons. The average Bonchev–Trinajstić information content (AvgIpc) is 3.53. The Balaban J connectivity index is 1.39. The Morgan fingerprint density at radius 2 is 1.82 bits per heavy atom. The smallest absolute Gasteiger partial charge is 0.302 e. The number of aryl methyl sites for hydroxylation is 3. The average molecular weight is 472 g/mol. The topological polar surface area (TPSA) is 87.5 Å². The molecule has 0 saturated carbocycles. The van der Waals surface area contributed by atoms with E-state index in [1.807, 2.05) is 7.05 Å². The maximum Gasteiger partial charge on any atom is 0.326 e. The number of hydrogen-bond donors (Lipinski definition) is 1. The van der Waals surface area contributed by atoms with Crippen molar-refractivity contribution in [1.29, 1.82) is 0 Å². The number of amides is 1. The van der Waals surface area contributed by atoms with Crippen LogP contribution in [0.4, 0.5) is 5.69 Å². The minimum absolute atomic E-state index is 0.109. The highest BCUT2D eigenvalue weighted by Gasteiger charge is 2.32. The molecule has 0 radical (unpaired) electrons. The number of aromatic nitrogens is 2. The molecule has 33 heavy (non-hydrogen) atoms. The number of rotatable bonds is 7. The van der Waals surface area contributed by atoms with E-state index < -0.39 is 16.1 Å². The summed E-state index contributed by atoms with van der Waals surface area (Å²) in [6.07, 6.45) is 11.6. The lowest BCUT2D eigenvalue weighted by Gasteiger charge is -2.29. The van der Waals surface area contributed by atoms with Crippen LogP contribution in [-0.2, 0) is 54.2 Å². The molecular weight excluding hydrogens is 438 g/mol. The van der Waals surface area contributed by atoms with E-state index in [1.54, 1.807) is 17.9 Å². The maximum absolute atomic E-state index is 13.4. The summed E-state index contributed by atoms with van der Waals surface area (Å²) >= 11 is 0. The second-order valence-corrected chi connectivity index (χ2v) is 11.3. The van der Waals surface area contributed by atoms with Crippen molar-refractivity contribution in [2.75, 3.05) is 24.4 Å². The summed E-state index contributed by atoms with van der Waals surface area (Å²) in [7, 11) is -0.297. The van der Waals surface area contributed by atoms with Crippen molar-refractivity contribution >= 4 is 21.8 Å². The van der Waals surface area contributed by atoms with Gasteiger partial charge >= 0.3 is 10.2 Å². The van der Waals surface area contributed by atoms with Crippen LogP contribution in [0.1, 0.15) is 53.5 Å². The van der Waals surface area contributed by atoms with Crippen LogP contribution >= 0.6 is 0 Å². The number of likely N-dealkylation sites (N-methyl/N-ethyl adjacent to an activating group) is 1. The highest BCUT2D eigenvalue weighted by Crippen LogP contribution is 2.35. The summed E-state index contributed by atoms with van der Waals surface area (Å²) in [6.45, 7) is 1.24. The molecule has 1 fully saturated rings. The number of likely N-dealkylation sites (tertiary alicyclic amines) is 1. The molecule has 9 heteroatoms. The Morgan fingerprint density at radius 1 is 1.12 bits per heavy atom. The third-order valence-corrected chi connectivity index (χ3v) is 8.92. The predicted molar refractivity (Wildman–Crippen MR) is 127 cm³/mol. The molecule has 5 rings (SSSR count). The van der Waals surface area contributed by atoms with Gasteiger partial charge in [-0.15, -0.1) is 0 Å². The molecule has 2 aromatic rings. The fourth-order valence-corrected chi connectivity index (χ4v) is 7.03. The van der Waals surface area contributed by atoms with Crippen molar-refractivity contribution in [2.24, 2.45) is 7.05 Å². The van der Waals surface area contributed by atoms with Crippen molar-refractivity contribution < 1.29 is 13.2 Å². The van der Waals surface area contributed by atoms with E-state index in [2.05, 4.69) is 20.8 Å². The van der Waals surface area contributed by atoms with Crippen LogP contribution in [0.5, 0.6) is 0 Å². The van der Waals surface area contributed by atoms with Gasteiger partial charge < -0.3 is 4.90 Å². The van der Waals surface area contributed by atoms with E-state index in [1.165, 1.54) is 32.8 Å². The largest absolute Gasteiger partial charge is 0.326 e. The molecular formula is C24H33N5O3S. The molecule has 2 aliphatic carbocycles. The summed E-state index contributed by atoms with van der Waals surface area (Å²) in [5.41, 5.74) is 6.80. The summed E-state index contributed by atoms with van der Waals surface area (Å²) in [5, 5.41) is 4.15. The minimum Gasteiger partial charge on any atom is -0.302 e. The molecule has 0 bridgehead atoms. The Bertz CT molecular complexity index is 1140.